The monoisotopic (exact) mass is 336 g/mol. The molecule has 2 aromatic rings. The summed E-state index contributed by atoms with van der Waals surface area (Å²) >= 11 is 0. The van der Waals surface area contributed by atoms with E-state index < -0.39 is 16.1 Å². The molecule has 23 heavy (non-hydrogen) atoms. The molecule has 1 unspecified atom stereocenters. The zero-order chi connectivity index (χ0) is 17.1. The molecular formula is C21H28Si2. The Morgan fingerprint density at radius 1 is 0.783 bits per heavy atom. The third-order valence-electron chi connectivity index (χ3n) is 4.52. The van der Waals surface area contributed by atoms with Gasteiger partial charge in [-0.1, -0.05) is 91.9 Å². The summed E-state index contributed by atoms with van der Waals surface area (Å²) in [6.07, 6.45) is 0. The quantitative estimate of drug-likeness (QED) is 0.533. The molecule has 0 nitrogen and oxygen atoms in total. The minimum atomic E-state index is -1.62. The largest absolute Gasteiger partial charge is 0.100 e. The van der Waals surface area contributed by atoms with Crippen LogP contribution in [0, 0.1) is 18.8 Å². The zero-order valence-electron chi connectivity index (χ0n) is 15.3. The Kier molecular flexibility index (Phi) is 5.34. The second-order valence-corrected chi connectivity index (χ2v) is 18.5. The van der Waals surface area contributed by atoms with Crippen molar-refractivity contribution in [3.63, 3.8) is 0 Å². The van der Waals surface area contributed by atoms with Gasteiger partial charge in [0.25, 0.3) is 0 Å². The molecule has 0 aliphatic heterocycles. The van der Waals surface area contributed by atoms with E-state index in [2.05, 4.69) is 106 Å². The Morgan fingerprint density at radius 3 is 1.87 bits per heavy atom. The Labute approximate surface area is 144 Å². The third kappa shape index (κ3) is 4.47. The van der Waals surface area contributed by atoms with Crippen molar-refractivity contribution >= 4 is 21.3 Å². The first-order valence-electron chi connectivity index (χ1n) is 8.35. The average molecular weight is 337 g/mol. The van der Waals surface area contributed by atoms with Crippen molar-refractivity contribution in [1.82, 2.24) is 0 Å². The van der Waals surface area contributed by atoms with E-state index in [0.29, 0.717) is 5.16 Å². The Morgan fingerprint density at radius 2 is 1.35 bits per heavy atom. The Balaban J connectivity index is 2.41. The van der Waals surface area contributed by atoms with Crippen LogP contribution < -0.4 is 5.19 Å². The minimum absolute atomic E-state index is 0.540. The molecule has 0 heterocycles. The van der Waals surface area contributed by atoms with E-state index in [1.54, 1.807) is 0 Å². The highest BCUT2D eigenvalue weighted by Gasteiger charge is 2.40. The second kappa shape index (κ2) is 6.90. The van der Waals surface area contributed by atoms with Gasteiger partial charge in [-0.05, 0) is 19.1 Å². The highest BCUT2D eigenvalue weighted by atomic mass is 28.4. The first kappa shape index (κ1) is 17.8. The molecule has 0 aliphatic carbocycles. The maximum absolute atomic E-state index is 3.71. The molecule has 120 valence electrons. The first-order chi connectivity index (χ1) is 10.7. The molecule has 0 amide bonds. The maximum Gasteiger partial charge on any atom is 0.0932 e. The molecule has 0 fully saturated rings. The van der Waals surface area contributed by atoms with Crippen LogP contribution in [-0.4, -0.2) is 16.1 Å². The summed E-state index contributed by atoms with van der Waals surface area (Å²) in [4.78, 5) is 0. The molecule has 0 spiro atoms. The zero-order valence-corrected chi connectivity index (χ0v) is 17.3. The van der Waals surface area contributed by atoms with Gasteiger partial charge in [0.15, 0.2) is 0 Å². The number of aryl methyl sites for hydroxylation is 1. The SMILES string of the molecule is Cc1ccc(C#CC([Si](C)(C)C)[Si](C)(C)c2ccccc2)cc1. The van der Waals surface area contributed by atoms with Crippen molar-refractivity contribution in [3.05, 3.63) is 65.7 Å². The van der Waals surface area contributed by atoms with Crippen molar-refractivity contribution in [2.24, 2.45) is 0 Å². The third-order valence-corrected chi connectivity index (χ3v) is 14.6. The van der Waals surface area contributed by atoms with Gasteiger partial charge in [0.1, 0.15) is 0 Å². The first-order valence-corrected chi connectivity index (χ1v) is 15.0. The molecule has 0 N–H and O–H groups in total. The summed E-state index contributed by atoms with van der Waals surface area (Å²) in [5.41, 5.74) is 2.42. The number of hydrogen-bond donors (Lipinski definition) is 0. The fourth-order valence-electron chi connectivity index (χ4n) is 3.31. The summed E-state index contributed by atoms with van der Waals surface area (Å²) < 4.78 is 0. The summed E-state index contributed by atoms with van der Waals surface area (Å²) in [7, 11) is -3.00. The summed E-state index contributed by atoms with van der Waals surface area (Å²) in [6.45, 7) is 14.5. The van der Waals surface area contributed by atoms with Gasteiger partial charge in [0, 0.05) is 10.7 Å². The minimum Gasteiger partial charge on any atom is -0.100 e. The fraction of sp³-hybridized carbons (Fsp3) is 0.333. The van der Waals surface area contributed by atoms with E-state index in [-0.39, 0.29) is 0 Å². The van der Waals surface area contributed by atoms with Crippen LogP contribution in [0.1, 0.15) is 11.1 Å². The smallest absolute Gasteiger partial charge is 0.0932 e. The van der Waals surface area contributed by atoms with Crippen LogP contribution in [0.15, 0.2) is 54.6 Å². The van der Waals surface area contributed by atoms with Crippen LogP contribution in [0.5, 0.6) is 0 Å². The van der Waals surface area contributed by atoms with Gasteiger partial charge in [-0.25, -0.2) is 0 Å². The molecule has 2 heteroatoms. The van der Waals surface area contributed by atoms with E-state index in [0.717, 1.165) is 5.56 Å². The van der Waals surface area contributed by atoms with Crippen molar-refractivity contribution in [3.8, 4) is 11.8 Å². The number of benzene rings is 2. The molecule has 0 saturated heterocycles. The van der Waals surface area contributed by atoms with Gasteiger partial charge < -0.3 is 0 Å². The van der Waals surface area contributed by atoms with Crippen LogP contribution in [-0.2, 0) is 0 Å². The second-order valence-electron chi connectivity index (χ2n) is 8.02. The molecule has 0 saturated carbocycles. The van der Waals surface area contributed by atoms with Crippen LogP contribution in [0.25, 0.3) is 0 Å². The molecular weight excluding hydrogens is 308 g/mol. The van der Waals surface area contributed by atoms with Crippen LogP contribution in [0.3, 0.4) is 0 Å². The van der Waals surface area contributed by atoms with Crippen LogP contribution in [0.2, 0.25) is 37.9 Å². The van der Waals surface area contributed by atoms with E-state index in [1.807, 2.05) is 0 Å². The lowest BCUT2D eigenvalue weighted by Crippen LogP contribution is -2.53. The molecule has 0 radical (unpaired) electrons. The number of hydrogen-bond acceptors (Lipinski definition) is 0. The normalized spacial score (nSPS) is 13.1. The van der Waals surface area contributed by atoms with Crippen molar-refractivity contribution < 1.29 is 0 Å². The summed E-state index contributed by atoms with van der Waals surface area (Å²) in [6, 6.07) is 19.6. The predicted molar refractivity (Wildman–Crippen MR) is 109 cm³/mol. The molecule has 0 aliphatic rings. The maximum atomic E-state index is 3.71. The highest BCUT2D eigenvalue weighted by molar-refractivity contribution is 7.04. The average Bonchev–Trinajstić information content (AvgIpc) is 2.49. The molecule has 0 aromatic heterocycles. The van der Waals surface area contributed by atoms with Gasteiger partial charge in [-0.3, -0.25) is 0 Å². The molecule has 1 atom stereocenters. The van der Waals surface area contributed by atoms with Gasteiger partial charge in [0.2, 0.25) is 0 Å². The lowest BCUT2D eigenvalue weighted by Gasteiger charge is -2.37. The van der Waals surface area contributed by atoms with Crippen molar-refractivity contribution in [2.75, 3.05) is 0 Å². The summed E-state index contributed by atoms with van der Waals surface area (Å²) in [5, 5.41) is 2.06. The predicted octanol–water partition coefficient (Wildman–Crippen LogP) is 5.21. The molecule has 0 bridgehead atoms. The van der Waals surface area contributed by atoms with E-state index in [4.69, 9.17) is 0 Å². The van der Waals surface area contributed by atoms with Gasteiger partial charge >= 0.3 is 0 Å². The summed E-state index contributed by atoms with van der Waals surface area (Å²) in [5.74, 6) is 7.18. The topological polar surface area (TPSA) is 0 Å². The lowest BCUT2D eigenvalue weighted by atomic mass is 10.2. The van der Waals surface area contributed by atoms with E-state index in [9.17, 15) is 0 Å². The number of rotatable bonds is 3. The van der Waals surface area contributed by atoms with Crippen molar-refractivity contribution in [2.45, 2.75) is 44.8 Å². The van der Waals surface area contributed by atoms with Crippen molar-refractivity contribution in [1.29, 1.82) is 0 Å². The Hall–Kier alpha value is -1.57. The lowest BCUT2D eigenvalue weighted by molar-refractivity contribution is 1.36. The fourth-order valence-corrected chi connectivity index (χ4v) is 14.8. The van der Waals surface area contributed by atoms with Crippen LogP contribution >= 0.6 is 0 Å². The van der Waals surface area contributed by atoms with E-state index in [1.165, 1.54) is 10.8 Å². The van der Waals surface area contributed by atoms with E-state index >= 15 is 0 Å². The van der Waals surface area contributed by atoms with Gasteiger partial charge in [-0.15, -0.1) is 5.92 Å². The molecule has 2 aromatic carbocycles. The van der Waals surface area contributed by atoms with Gasteiger partial charge in [0.05, 0.1) is 16.1 Å². The van der Waals surface area contributed by atoms with Crippen LogP contribution in [0.4, 0.5) is 0 Å². The molecule has 2 rings (SSSR count). The standard InChI is InChI=1S/C21H28Si2/c1-18-12-14-19(15-13-18)16-17-21(22(2,3)4)23(5,6)20-10-8-7-9-11-20/h7-15,21H,1-6H3. The highest BCUT2D eigenvalue weighted by Crippen LogP contribution is 2.31. The van der Waals surface area contributed by atoms with Gasteiger partial charge in [-0.2, -0.15) is 0 Å². The Bertz CT molecular complexity index is 695.